The number of piperidine rings is 1. The molecule has 0 saturated carbocycles. The summed E-state index contributed by atoms with van der Waals surface area (Å²) in [6.45, 7) is 5.82. The molecule has 4 nitrogen and oxygen atoms in total. The number of aromatic nitrogens is 1. The predicted molar refractivity (Wildman–Crippen MR) is 86.1 cm³/mol. The van der Waals surface area contributed by atoms with Gasteiger partial charge in [-0.25, -0.2) is 0 Å². The molecule has 0 amide bonds. The fourth-order valence-corrected chi connectivity index (χ4v) is 3.53. The number of fused-ring (bicyclic) bond motifs is 1. The first-order valence-corrected chi connectivity index (χ1v) is 7.82. The highest BCUT2D eigenvalue weighted by molar-refractivity contribution is 7.80. The number of hydrogen-bond donors (Lipinski definition) is 1. The molecule has 0 aromatic carbocycles. The molecule has 3 rings (SSSR count). The first kappa shape index (κ1) is 13.8. The molecular weight excluding hydrogens is 268 g/mol. The molecule has 2 saturated heterocycles. The summed E-state index contributed by atoms with van der Waals surface area (Å²) in [5.41, 5.74) is 7.49. The van der Waals surface area contributed by atoms with Crippen LogP contribution in [0.15, 0.2) is 18.3 Å². The molecule has 2 aliphatic heterocycles. The van der Waals surface area contributed by atoms with Crippen molar-refractivity contribution in [3.63, 3.8) is 0 Å². The average Bonchev–Trinajstić information content (AvgIpc) is 2.46. The molecule has 0 spiro atoms. The van der Waals surface area contributed by atoms with E-state index in [1.165, 1.54) is 31.5 Å². The van der Waals surface area contributed by atoms with Gasteiger partial charge in [-0.3, -0.25) is 9.88 Å². The Labute approximate surface area is 126 Å². The van der Waals surface area contributed by atoms with E-state index in [1.54, 1.807) is 0 Å². The lowest BCUT2D eigenvalue weighted by molar-refractivity contribution is 0.115. The number of rotatable bonds is 2. The van der Waals surface area contributed by atoms with E-state index in [-0.39, 0.29) is 0 Å². The minimum Gasteiger partial charge on any atom is -0.388 e. The van der Waals surface area contributed by atoms with E-state index in [0.29, 0.717) is 22.8 Å². The van der Waals surface area contributed by atoms with Crippen LogP contribution < -0.4 is 10.6 Å². The van der Waals surface area contributed by atoms with Crippen LogP contribution in [0, 0.1) is 0 Å². The second-order valence-corrected chi connectivity index (χ2v) is 6.35. The topological polar surface area (TPSA) is 45.4 Å². The van der Waals surface area contributed by atoms with E-state index in [2.05, 4.69) is 27.8 Å². The Kier molecular flexibility index (Phi) is 3.89. The van der Waals surface area contributed by atoms with Crippen molar-refractivity contribution in [1.29, 1.82) is 0 Å². The fraction of sp³-hybridized carbons (Fsp3) is 0.600. The van der Waals surface area contributed by atoms with E-state index in [0.717, 1.165) is 13.1 Å². The Bertz CT molecular complexity index is 487. The van der Waals surface area contributed by atoms with E-state index in [1.807, 2.05) is 12.3 Å². The first-order chi connectivity index (χ1) is 9.65. The molecule has 1 aromatic rings. The maximum atomic E-state index is 5.61. The zero-order valence-corrected chi connectivity index (χ0v) is 12.8. The standard InChI is InChI=1S/C15H22N4S/c1-11-9-18-7-3-2-4-13(18)10-19(11)12-5-6-14(15(16)20)17-8-12/h5-6,8,11,13H,2-4,7,9-10H2,1H3,(H2,16,20). The first-order valence-electron chi connectivity index (χ1n) is 7.41. The molecule has 2 aliphatic rings. The summed E-state index contributed by atoms with van der Waals surface area (Å²) in [4.78, 5) is 9.86. The van der Waals surface area contributed by atoms with Gasteiger partial charge in [-0.1, -0.05) is 18.6 Å². The molecule has 5 heteroatoms. The summed E-state index contributed by atoms with van der Waals surface area (Å²) < 4.78 is 0. The van der Waals surface area contributed by atoms with E-state index in [9.17, 15) is 0 Å². The van der Waals surface area contributed by atoms with Crippen LogP contribution in [0.2, 0.25) is 0 Å². The summed E-state index contributed by atoms with van der Waals surface area (Å²) in [5, 5.41) is 0. The van der Waals surface area contributed by atoms with Crippen molar-refractivity contribution in [3.8, 4) is 0 Å². The lowest BCUT2D eigenvalue weighted by atomic mass is 9.97. The van der Waals surface area contributed by atoms with Crippen LogP contribution in [0.25, 0.3) is 0 Å². The van der Waals surface area contributed by atoms with Gasteiger partial charge < -0.3 is 10.6 Å². The van der Waals surface area contributed by atoms with Gasteiger partial charge in [0.1, 0.15) is 4.99 Å². The summed E-state index contributed by atoms with van der Waals surface area (Å²) >= 11 is 4.96. The quantitative estimate of drug-likeness (QED) is 0.841. The summed E-state index contributed by atoms with van der Waals surface area (Å²) in [7, 11) is 0. The van der Waals surface area contributed by atoms with Crippen LogP contribution >= 0.6 is 12.2 Å². The van der Waals surface area contributed by atoms with Gasteiger partial charge >= 0.3 is 0 Å². The Morgan fingerprint density at radius 1 is 1.35 bits per heavy atom. The largest absolute Gasteiger partial charge is 0.388 e. The highest BCUT2D eigenvalue weighted by atomic mass is 32.1. The Morgan fingerprint density at radius 3 is 2.90 bits per heavy atom. The molecule has 0 radical (unpaired) electrons. The van der Waals surface area contributed by atoms with Gasteiger partial charge in [-0.05, 0) is 38.4 Å². The smallest absolute Gasteiger partial charge is 0.122 e. The van der Waals surface area contributed by atoms with Crippen LogP contribution in [0.3, 0.4) is 0 Å². The fourth-order valence-electron chi connectivity index (χ4n) is 3.41. The van der Waals surface area contributed by atoms with Crippen molar-refractivity contribution in [3.05, 3.63) is 24.0 Å². The molecule has 2 N–H and O–H groups in total. The normalized spacial score (nSPS) is 27.1. The van der Waals surface area contributed by atoms with Crippen LogP contribution in [0.5, 0.6) is 0 Å². The number of thiocarbonyl (C=S) groups is 1. The number of piperazine rings is 1. The average molecular weight is 290 g/mol. The van der Waals surface area contributed by atoms with Crippen LogP contribution in [-0.2, 0) is 0 Å². The van der Waals surface area contributed by atoms with Crippen molar-refractivity contribution in [2.75, 3.05) is 24.5 Å². The third-order valence-corrected chi connectivity index (χ3v) is 4.73. The molecule has 0 bridgehead atoms. The Morgan fingerprint density at radius 2 is 2.20 bits per heavy atom. The SMILES string of the molecule is CC1CN2CCCCC2CN1c1ccc(C(N)=S)nc1. The van der Waals surface area contributed by atoms with E-state index < -0.39 is 0 Å². The number of nitrogens with two attached hydrogens (primary N) is 1. The summed E-state index contributed by atoms with van der Waals surface area (Å²) in [6.07, 6.45) is 5.94. The van der Waals surface area contributed by atoms with Gasteiger partial charge in [0.25, 0.3) is 0 Å². The number of pyridine rings is 1. The van der Waals surface area contributed by atoms with Crippen molar-refractivity contribution in [1.82, 2.24) is 9.88 Å². The lowest BCUT2D eigenvalue weighted by Crippen LogP contribution is -2.58. The molecule has 20 heavy (non-hydrogen) atoms. The monoisotopic (exact) mass is 290 g/mol. The van der Waals surface area contributed by atoms with Gasteiger partial charge in [-0.2, -0.15) is 0 Å². The van der Waals surface area contributed by atoms with Crippen LogP contribution in [0.4, 0.5) is 5.69 Å². The predicted octanol–water partition coefficient (Wildman–Crippen LogP) is 1.78. The number of nitrogens with zero attached hydrogens (tertiary/aromatic N) is 3. The second kappa shape index (κ2) is 5.66. The van der Waals surface area contributed by atoms with Crippen molar-refractivity contribution < 1.29 is 0 Å². The van der Waals surface area contributed by atoms with Crippen molar-refractivity contribution >= 4 is 22.9 Å². The van der Waals surface area contributed by atoms with E-state index in [4.69, 9.17) is 18.0 Å². The number of hydrogen-bond acceptors (Lipinski definition) is 4. The highest BCUT2D eigenvalue weighted by Crippen LogP contribution is 2.27. The van der Waals surface area contributed by atoms with Gasteiger partial charge in [-0.15, -0.1) is 0 Å². The minimum atomic E-state index is 0.363. The Balaban J connectivity index is 1.77. The maximum Gasteiger partial charge on any atom is 0.122 e. The van der Waals surface area contributed by atoms with Gasteiger partial charge in [0, 0.05) is 25.2 Å². The van der Waals surface area contributed by atoms with Gasteiger partial charge in [0.05, 0.1) is 17.6 Å². The zero-order valence-electron chi connectivity index (χ0n) is 12.0. The summed E-state index contributed by atoms with van der Waals surface area (Å²) in [5.74, 6) is 0. The second-order valence-electron chi connectivity index (χ2n) is 5.91. The molecule has 2 fully saturated rings. The lowest BCUT2D eigenvalue weighted by Gasteiger charge is -2.48. The maximum absolute atomic E-state index is 5.61. The van der Waals surface area contributed by atoms with Crippen molar-refractivity contribution in [2.24, 2.45) is 5.73 Å². The molecular formula is C15H22N4S. The molecule has 2 atom stereocenters. The van der Waals surface area contributed by atoms with Gasteiger partial charge in [0.2, 0.25) is 0 Å². The van der Waals surface area contributed by atoms with Crippen LogP contribution in [-0.4, -0.2) is 46.6 Å². The van der Waals surface area contributed by atoms with Gasteiger partial charge in [0.15, 0.2) is 0 Å². The molecule has 108 valence electrons. The molecule has 3 heterocycles. The summed E-state index contributed by atoms with van der Waals surface area (Å²) in [6, 6.07) is 5.26. The molecule has 0 aliphatic carbocycles. The van der Waals surface area contributed by atoms with Crippen molar-refractivity contribution in [2.45, 2.75) is 38.3 Å². The zero-order chi connectivity index (χ0) is 14.1. The Hall–Kier alpha value is -1.20. The molecule has 1 aromatic heterocycles. The minimum absolute atomic E-state index is 0.363. The third-order valence-electron chi connectivity index (χ3n) is 4.52. The third kappa shape index (κ3) is 2.65. The number of anilines is 1. The molecule has 2 unspecified atom stereocenters. The highest BCUT2D eigenvalue weighted by Gasteiger charge is 2.33. The van der Waals surface area contributed by atoms with Crippen LogP contribution in [0.1, 0.15) is 31.9 Å². The van der Waals surface area contributed by atoms with E-state index >= 15 is 0 Å².